The lowest BCUT2D eigenvalue weighted by molar-refractivity contribution is 0.414. The van der Waals surface area contributed by atoms with Gasteiger partial charge in [0.15, 0.2) is 23.3 Å². The van der Waals surface area contributed by atoms with Gasteiger partial charge in [0.25, 0.3) is 0 Å². The molecule has 1 aromatic heterocycles. The first kappa shape index (κ1) is 15.0. The Bertz CT molecular complexity index is 620. The molecule has 1 aromatic carbocycles. The van der Waals surface area contributed by atoms with Crippen molar-refractivity contribution in [3.05, 3.63) is 47.5 Å². The standard InChI is InChI=1S/C15H17F2N3O/c1-3-18-14-12(16)8-13(17)15(20-14)19-9-10-5-4-6-11(7-10)21-2/h4-8H,3,9H2,1-2H3,(H2,18,19,20). The Hall–Kier alpha value is -2.37. The van der Waals surface area contributed by atoms with Crippen LogP contribution in [0.1, 0.15) is 12.5 Å². The van der Waals surface area contributed by atoms with Crippen molar-refractivity contribution in [2.45, 2.75) is 13.5 Å². The number of methoxy groups -OCH3 is 1. The summed E-state index contributed by atoms with van der Waals surface area (Å²) in [6.45, 7) is 2.68. The number of anilines is 2. The van der Waals surface area contributed by atoms with Gasteiger partial charge in [-0.15, -0.1) is 0 Å². The van der Waals surface area contributed by atoms with Gasteiger partial charge in [0.2, 0.25) is 0 Å². The van der Waals surface area contributed by atoms with Crippen molar-refractivity contribution in [1.82, 2.24) is 4.98 Å². The van der Waals surface area contributed by atoms with Crippen LogP contribution in [0, 0.1) is 11.6 Å². The van der Waals surface area contributed by atoms with Gasteiger partial charge in [-0.2, -0.15) is 0 Å². The zero-order chi connectivity index (χ0) is 15.2. The normalized spacial score (nSPS) is 10.3. The summed E-state index contributed by atoms with van der Waals surface area (Å²) in [5.74, 6) is -0.671. The fraction of sp³-hybridized carbons (Fsp3) is 0.267. The lowest BCUT2D eigenvalue weighted by Gasteiger charge is -2.11. The summed E-state index contributed by atoms with van der Waals surface area (Å²) >= 11 is 0. The van der Waals surface area contributed by atoms with E-state index in [9.17, 15) is 8.78 Å². The number of benzene rings is 1. The van der Waals surface area contributed by atoms with Crippen LogP contribution in [0.3, 0.4) is 0 Å². The molecule has 6 heteroatoms. The molecule has 0 saturated carbocycles. The largest absolute Gasteiger partial charge is 0.497 e. The summed E-state index contributed by atoms with van der Waals surface area (Å²) in [5, 5.41) is 5.61. The van der Waals surface area contributed by atoms with Crippen molar-refractivity contribution >= 4 is 11.6 Å². The van der Waals surface area contributed by atoms with E-state index in [4.69, 9.17) is 4.74 Å². The van der Waals surface area contributed by atoms with Crippen molar-refractivity contribution < 1.29 is 13.5 Å². The monoisotopic (exact) mass is 293 g/mol. The molecule has 0 aliphatic rings. The van der Waals surface area contributed by atoms with Crippen LogP contribution in [-0.4, -0.2) is 18.6 Å². The van der Waals surface area contributed by atoms with Gasteiger partial charge in [0.05, 0.1) is 7.11 Å². The van der Waals surface area contributed by atoms with Crippen LogP contribution in [0.25, 0.3) is 0 Å². The van der Waals surface area contributed by atoms with Crippen molar-refractivity contribution in [3.63, 3.8) is 0 Å². The molecule has 2 rings (SSSR count). The fourth-order valence-corrected chi connectivity index (χ4v) is 1.85. The highest BCUT2D eigenvalue weighted by atomic mass is 19.1. The summed E-state index contributed by atoms with van der Waals surface area (Å²) in [6, 6.07) is 8.19. The molecule has 0 bridgehead atoms. The summed E-state index contributed by atoms with van der Waals surface area (Å²) < 4.78 is 32.3. The molecule has 0 unspecified atom stereocenters. The minimum Gasteiger partial charge on any atom is -0.497 e. The van der Waals surface area contributed by atoms with Crippen LogP contribution in [0.2, 0.25) is 0 Å². The third-order valence-corrected chi connectivity index (χ3v) is 2.87. The molecule has 2 aromatic rings. The number of rotatable bonds is 6. The minimum atomic E-state index is -0.725. The Labute approximate surface area is 122 Å². The van der Waals surface area contributed by atoms with Crippen LogP contribution in [0.4, 0.5) is 20.4 Å². The number of hydrogen-bond acceptors (Lipinski definition) is 4. The SMILES string of the molecule is CCNc1nc(NCc2cccc(OC)c2)c(F)cc1F. The maximum Gasteiger partial charge on any atom is 0.168 e. The predicted molar refractivity (Wildman–Crippen MR) is 78.6 cm³/mol. The van der Waals surface area contributed by atoms with E-state index in [-0.39, 0.29) is 11.6 Å². The molecule has 2 N–H and O–H groups in total. The third-order valence-electron chi connectivity index (χ3n) is 2.87. The van der Waals surface area contributed by atoms with E-state index in [1.54, 1.807) is 7.11 Å². The molecule has 4 nitrogen and oxygen atoms in total. The van der Waals surface area contributed by atoms with Gasteiger partial charge >= 0.3 is 0 Å². The number of hydrogen-bond donors (Lipinski definition) is 2. The van der Waals surface area contributed by atoms with Crippen molar-refractivity contribution in [2.24, 2.45) is 0 Å². The molecule has 0 aliphatic carbocycles. The van der Waals surface area contributed by atoms with Crippen LogP contribution >= 0.6 is 0 Å². The maximum absolute atomic E-state index is 13.7. The van der Waals surface area contributed by atoms with Crippen molar-refractivity contribution in [3.8, 4) is 5.75 Å². The highest BCUT2D eigenvalue weighted by Crippen LogP contribution is 2.20. The van der Waals surface area contributed by atoms with Crippen molar-refractivity contribution in [1.29, 1.82) is 0 Å². The van der Waals surface area contributed by atoms with E-state index in [2.05, 4.69) is 15.6 Å². The molecule has 0 atom stereocenters. The van der Waals surface area contributed by atoms with E-state index >= 15 is 0 Å². The van der Waals surface area contributed by atoms with Crippen molar-refractivity contribution in [2.75, 3.05) is 24.3 Å². The highest BCUT2D eigenvalue weighted by Gasteiger charge is 2.11. The van der Waals surface area contributed by atoms with Gasteiger partial charge in [-0.05, 0) is 24.6 Å². The Morgan fingerprint density at radius 3 is 2.48 bits per heavy atom. The number of halogens is 2. The van der Waals surface area contributed by atoms with E-state index in [0.717, 1.165) is 17.4 Å². The lowest BCUT2D eigenvalue weighted by Crippen LogP contribution is -2.08. The van der Waals surface area contributed by atoms with Crippen LogP contribution in [0.15, 0.2) is 30.3 Å². The Morgan fingerprint density at radius 2 is 1.81 bits per heavy atom. The Kier molecular flexibility index (Phi) is 4.92. The zero-order valence-corrected chi connectivity index (χ0v) is 11.9. The molecule has 0 radical (unpaired) electrons. The number of ether oxygens (including phenoxy) is 1. The first-order valence-electron chi connectivity index (χ1n) is 6.60. The predicted octanol–water partition coefficient (Wildman–Crippen LogP) is 3.41. The second-order valence-corrected chi connectivity index (χ2v) is 4.38. The highest BCUT2D eigenvalue weighted by molar-refractivity contribution is 5.48. The van der Waals surface area contributed by atoms with E-state index in [0.29, 0.717) is 13.1 Å². The quantitative estimate of drug-likeness (QED) is 0.857. The van der Waals surface area contributed by atoms with E-state index in [1.165, 1.54) is 0 Å². The molecular weight excluding hydrogens is 276 g/mol. The van der Waals surface area contributed by atoms with Gasteiger partial charge in [-0.1, -0.05) is 12.1 Å². The van der Waals surface area contributed by atoms with Crippen LogP contribution in [-0.2, 0) is 6.54 Å². The molecule has 0 fully saturated rings. The summed E-state index contributed by atoms with van der Waals surface area (Å²) in [4.78, 5) is 3.92. The smallest absolute Gasteiger partial charge is 0.168 e. The van der Waals surface area contributed by atoms with E-state index < -0.39 is 11.6 Å². The minimum absolute atomic E-state index is 0.00942. The third kappa shape index (κ3) is 3.81. The number of nitrogens with one attached hydrogen (secondary N) is 2. The summed E-state index contributed by atoms with van der Waals surface area (Å²) in [6.07, 6.45) is 0. The second-order valence-electron chi connectivity index (χ2n) is 4.38. The number of aromatic nitrogens is 1. The summed E-state index contributed by atoms with van der Waals surface area (Å²) in [5.41, 5.74) is 0.907. The maximum atomic E-state index is 13.7. The number of nitrogens with zero attached hydrogens (tertiary/aromatic N) is 1. The van der Waals surface area contributed by atoms with Gasteiger partial charge in [-0.25, -0.2) is 13.8 Å². The Morgan fingerprint density at radius 1 is 1.10 bits per heavy atom. The first-order valence-corrected chi connectivity index (χ1v) is 6.60. The Balaban J connectivity index is 2.13. The van der Waals surface area contributed by atoms with E-state index in [1.807, 2.05) is 31.2 Å². The number of pyridine rings is 1. The fourth-order valence-electron chi connectivity index (χ4n) is 1.85. The molecule has 112 valence electrons. The molecule has 1 heterocycles. The van der Waals surface area contributed by atoms with Crippen LogP contribution in [0.5, 0.6) is 5.75 Å². The average molecular weight is 293 g/mol. The zero-order valence-electron chi connectivity index (χ0n) is 11.9. The average Bonchev–Trinajstić information content (AvgIpc) is 2.49. The molecule has 0 aliphatic heterocycles. The first-order chi connectivity index (χ1) is 10.1. The molecule has 21 heavy (non-hydrogen) atoms. The summed E-state index contributed by atoms with van der Waals surface area (Å²) in [7, 11) is 1.58. The van der Waals surface area contributed by atoms with Gasteiger partial charge < -0.3 is 15.4 Å². The van der Waals surface area contributed by atoms with Gasteiger partial charge in [-0.3, -0.25) is 0 Å². The molecule has 0 amide bonds. The topological polar surface area (TPSA) is 46.2 Å². The van der Waals surface area contributed by atoms with Gasteiger partial charge in [0.1, 0.15) is 5.75 Å². The molecular formula is C15H17F2N3O. The lowest BCUT2D eigenvalue weighted by atomic mass is 10.2. The van der Waals surface area contributed by atoms with Gasteiger partial charge in [0, 0.05) is 19.2 Å². The molecule has 0 spiro atoms. The van der Waals surface area contributed by atoms with Crippen LogP contribution < -0.4 is 15.4 Å². The second kappa shape index (κ2) is 6.88. The molecule has 0 saturated heterocycles.